The maximum absolute atomic E-state index is 12.9. The molecule has 1 unspecified atom stereocenters. The van der Waals surface area contributed by atoms with Crippen LogP contribution < -0.4 is 5.32 Å². The summed E-state index contributed by atoms with van der Waals surface area (Å²) in [7, 11) is 0. The third kappa shape index (κ3) is 4.79. The van der Waals surface area contributed by atoms with Crippen LogP contribution in [0.25, 0.3) is 0 Å². The summed E-state index contributed by atoms with van der Waals surface area (Å²) >= 11 is 0. The van der Waals surface area contributed by atoms with Crippen LogP contribution in [0.5, 0.6) is 0 Å². The fraction of sp³-hybridized carbons (Fsp3) is 0.562. The first kappa shape index (κ1) is 15.9. The van der Waals surface area contributed by atoms with Crippen LogP contribution in [0.2, 0.25) is 0 Å². The fourth-order valence-electron chi connectivity index (χ4n) is 2.59. The van der Waals surface area contributed by atoms with Crippen LogP contribution in [0.4, 0.5) is 4.39 Å². The van der Waals surface area contributed by atoms with Gasteiger partial charge in [-0.3, -0.25) is 9.69 Å². The van der Waals surface area contributed by atoms with Crippen LogP contribution in [0.3, 0.4) is 0 Å². The number of piperazine rings is 1. The van der Waals surface area contributed by atoms with Crippen molar-refractivity contribution in [3.63, 3.8) is 0 Å². The lowest BCUT2D eigenvalue weighted by Crippen LogP contribution is -2.49. The van der Waals surface area contributed by atoms with Crippen molar-refractivity contribution in [3.05, 3.63) is 35.6 Å². The average Bonchev–Trinajstić information content (AvgIpc) is 2.48. The zero-order chi connectivity index (χ0) is 15.2. The molecule has 0 spiro atoms. The molecule has 0 bridgehead atoms. The van der Waals surface area contributed by atoms with Crippen LogP contribution in [0.1, 0.15) is 25.5 Å². The molecule has 0 saturated carbocycles. The van der Waals surface area contributed by atoms with Gasteiger partial charge in [-0.25, -0.2) is 4.39 Å². The zero-order valence-corrected chi connectivity index (χ0v) is 12.8. The Kier molecular flexibility index (Phi) is 5.70. The molecule has 1 aliphatic rings. The van der Waals surface area contributed by atoms with Gasteiger partial charge in [0.05, 0.1) is 12.6 Å². The predicted octanol–water partition coefficient (Wildman–Crippen LogP) is 1.64. The topological polar surface area (TPSA) is 35.6 Å². The summed E-state index contributed by atoms with van der Waals surface area (Å²) in [5, 5.41) is 2.97. The van der Waals surface area contributed by atoms with Gasteiger partial charge in [-0.15, -0.1) is 0 Å². The highest BCUT2D eigenvalue weighted by Gasteiger charge is 2.18. The Labute approximate surface area is 125 Å². The number of nitrogens with zero attached hydrogens (tertiary/aromatic N) is 2. The summed E-state index contributed by atoms with van der Waals surface area (Å²) in [5.74, 6) is -0.233. The minimum absolute atomic E-state index is 0.0248. The first-order chi connectivity index (χ1) is 10.1. The molecule has 1 aromatic carbocycles. The fourth-order valence-corrected chi connectivity index (χ4v) is 2.59. The number of halogens is 1. The maximum Gasteiger partial charge on any atom is 0.234 e. The molecule has 0 aromatic heterocycles. The minimum atomic E-state index is -0.258. The van der Waals surface area contributed by atoms with E-state index < -0.39 is 0 Å². The van der Waals surface area contributed by atoms with Crippen molar-refractivity contribution in [2.24, 2.45) is 0 Å². The van der Waals surface area contributed by atoms with Crippen molar-refractivity contribution in [2.45, 2.75) is 19.9 Å². The van der Waals surface area contributed by atoms with Crippen LogP contribution in [0, 0.1) is 5.82 Å². The molecule has 1 aliphatic heterocycles. The number of hydrogen-bond acceptors (Lipinski definition) is 3. The molecule has 0 radical (unpaired) electrons. The molecule has 1 aromatic rings. The highest BCUT2D eigenvalue weighted by molar-refractivity contribution is 5.78. The van der Waals surface area contributed by atoms with Gasteiger partial charge in [0.15, 0.2) is 0 Å². The standard InChI is InChI=1S/C16H24FN3O/c1-3-19-8-10-20(11-9-19)12-16(21)18-13(2)14-4-6-15(17)7-5-14/h4-7,13H,3,8-12H2,1-2H3,(H,18,21). The Bertz CT molecular complexity index is 455. The van der Waals surface area contributed by atoms with Gasteiger partial charge in [0.2, 0.25) is 5.91 Å². The van der Waals surface area contributed by atoms with E-state index >= 15 is 0 Å². The molecule has 0 aliphatic carbocycles. The van der Waals surface area contributed by atoms with Crippen molar-refractivity contribution >= 4 is 5.91 Å². The van der Waals surface area contributed by atoms with Gasteiger partial charge in [0.25, 0.3) is 0 Å². The number of hydrogen-bond donors (Lipinski definition) is 1. The number of nitrogens with one attached hydrogen (secondary N) is 1. The van der Waals surface area contributed by atoms with Crippen molar-refractivity contribution in [2.75, 3.05) is 39.3 Å². The van der Waals surface area contributed by atoms with Crippen molar-refractivity contribution in [1.29, 1.82) is 0 Å². The minimum Gasteiger partial charge on any atom is -0.348 e. The third-order valence-corrected chi connectivity index (χ3v) is 4.03. The van der Waals surface area contributed by atoms with Gasteiger partial charge in [0.1, 0.15) is 5.82 Å². The van der Waals surface area contributed by atoms with Gasteiger partial charge in [-0.05, 0) is 31.2 Å². The van der Waals surface area contributed by atoms with Gasteiger partial charge < -0.3 is 10.2 Å². The Morgan fingerprint density at radius 1 is 1.19 bits per heavy atom. The Morgan fingerprint density at radius 2 is 1.76 bits per heavy atom. The molecule has 1 saturated heterocycles. The molecule has 1 N–H and O–H groups in total. The second-order valence-corrected chi connectivity index (χ2v) is 5.55. The number of benzene rings is 1. The number of carbonyl (C=O) groups is 1. The van der Waals surface area contributed by atoms with E-state index in [-0.39, 0.29) is 17.8 Å². The Hall–Kier alpha value is -1.46. The van der Waals surface area contributed by atoms with E-state index in [1.807, 2.05) is 6.92 Å². The summed E-state index contributed by atoms with van der Waals surface area (Å²) < 4.78 is 12.9. The highest BCUT2D eigenvalue weighted by atomic mass is 19.1. The molecule has 116 valence electrons. The molecule has 1 atom stereocenters. The molecule has 4 nitrogen and oxygen atoms in total. The van der Waals surface area contributed by atoms with Gasteiger partial charge in [-0.2, -0.15) is 0 Å². The lowest BCUT2D eigenvalue weighted by atomic mass is 10.1. The Balaban J connectivity index is 1.78. The number of likely N-dealkylation sites (N-methyl/N-ethyl adjacent to an activating group) is 1. The predicted molar refractivity (Wildman–Crippen MR) is 81.5 cm³/mol. The van der Waals surface area contributed by atoms with Gasteiger partial charge in [0, 0.05) is 26.2 Å². The van der Waals surface area contributed by atoms with E-state index in [4.69, 9.17) is 0 Å². The highest BCUT2D eigenvalue weighted by Crippen LogP contribution is 2.12. The molecule has 21 heavy (non-hydrogen) atoms. The monoisotopic (exact) mass is 293 g/mol. The second kappa shape index (κ2) is 7.52. The molecule has 1 amide bonds. The maximum atomic E-state index is 12.9. The molecule has 1 heterocycles. The number of amides is 1. The summed E-state index contributed by atoms with van der Waals surface area (Å²) in [6, 6.07) is 6.15. The summed E-state index contributed by atoms with van der Waals surface area (Å²) in [5.41, 5.74) is 0.917. The van der Waals surface area contributed by atoms with Crippen LogP contribution in [-0.4, -0.2) is 55.0 Å². The Morgan fingerprint density at radius 3 is 2.33 bits per heavy atom. The van der Waals surface area contributed by atoms with E-state index in [0.717, 1.165) is 38.3 Å². The number of carbonyl (C=O) groups excluding carboxylic acids is 1. The van der Waals surface area contributed by atoms with E-state index in [9.17, 15) is 9.18 Å². The molecular weight excluding hydrogens is 269 g/mol. The summed E-state index contributed by atoms with van der Waals surface area (Å²) in [4.78, 5) is 16.6. The van der Waals surface area contributed by atoms with E-state index in [0.29, 0.717) is 6.54 Å². The van der Waals surface area contributed by atoms with Crippen LogP contribution >= 0.6 is 0 Å². The number of rotatable bonds is 5. The van der Waals surface area contributed by atoms with Gasteiger partial charge in [-0.1, -0.05) is 19.1 Å². The first-order valence-electron chi connectivity index (χ1n) is 7.58. The molecular formula is C16H24FN3O. The second-order valence-electron chi connectivity index (χ2n) is 5.55. The zero-order valence-electron chi connectivity index (χ0n) is 12.8. The quantitative estimate of drug-likeness (QED) is 0.896. The first-order valence-corrected chi connectivity index (χ1v) is 7.58. The van der Waals surface area contributed by atoms with Crippen molar-refractivity contribution in [3.8, 4) is 0 Å². The molecule has 5 heteroatoms. The van der Waals surface area contributed by atoms with E-state index in [1.54, 1.807) is 12.1 Å². The third-order valence-electron chi connectivity index (χ3n) is 4.03. The summed E-state index contributed by atoms with van der Waals surface area (Å²) in [6.45, 7) is 9.50. The smallest absolute Gasteiger partial charge is 0.234 e. The van der Waals surface area contributed by atoms with Crippen molar-refractivity contribution in [1.82, 2.24) is 15.1 Å². The largest absolute Gasteiger partial charge is 0.348 e. The van der Waals surface area contributed by atoms with Gasteiger partial charge >= 0.3 is 0 Å². The van der Waals surface area contributed by atoms with Crippen LogP contribution in [0.15, 0.2) is 24.3 Å². The lowest BCUT2D eigenvalue weighted by molar-refractivity contribution is -0.123. The van der Waals surface area contributed by atoms with Crippen molar-refractivity contribution < 1.29 is 9.18 Å². The normalized spacial score (nSPS) is 18.4. The van der Waals surface area contributed by atoms with E-state index in [1.165, 1.54) is 12.1 Å². The SMILES string of the molecule is CCN1CCN(CC(=O)NC(C)c2ccc(F)cc2)CC1. The molecule has 1 fully saturated rings. The van der Waals surface area contributed by atoms with Crippen LogP contribution in [-0.2, 0) is 4.79 Å². The summed E-state index contributed by atoms with van der Waals surface area (Å²) in [6.07, 6.45) is 0. The van der Waals surface area contributed by atoms with E-state index in [2.05, 4.69) is 22.0 Å². The lowest BCUT2D eigenvalue weighted by Gasteiger charge is -2.33. The average molecular weight is 293 g/mol. The molecule has 2 rings (SSSR count).